The molecule has 2 heterocycles. The van der Waals surface area contributed by atoms with E-state index in [1.165, 1.54) is 0 Å². The van der Waals surface area contributed by atoms with Crippen LogP contribution in [0.3, 0.4) is 0 Å². The molecule has 128 valence electrons. The molecule has 0 radical (unpaired) electrons. The fraction of sp³-hybridized carbons (Fsp3) is 0.765. The van der Waals surface area contributed by atoms with Crippen molar-refractivity contribution in [3.63, 3.8) is 0 Å². The number of terminal acetylenes is 1. The Morgan fingerprint density at radius 1 is 1.22 bits per heavy atom. The molecular weight excluding hydrogens is 294 g/mol. The molecule has 3 amide bonds. The van der Waals surface area contributed by atoms with Crippen molar-refractivity contribution >= 4 is 11.9 Å². The molecule has 1 N–H and O–H groups in total. The highest BCUT2D eigenvalue weighted by Crippen LogP contribution is 2.29. The van der Waals surface area contributed by atoms with Gasteiger partial charge in [0, 0.05) is 32.6 Å². The van der Waals surface area contributed by atoms with E-state index in [0.717, 1.165) is 25.9 Å². The lowest BCUT2D eigenvalue weighted by atomic mass is 9.81. The Bertz CT molecular complexity index is 454. The summed E-state index contributed by atoms with van der Waals surface area (Å²) in [6.45, 7) is 6.45. The lowest BCUT2D eigenvalue weighted by molar-refractivity contribution is -0.122. The first-order valence-corrected chi connectivity index (χ1v) is 8.47. The minimum absolute atomic E-state index is 0.0133. The number of nitrogens with zero attached hydrogens (tertiary/aromatic N) is 2. The minimum Gasteiger partial charge on any atom is -0.378 e. The van der Waals surface area contributed by atoms with E-state index in [2.05, 4.69) is 18.2 Å². The Kier molecular flexibility index (Phi) is 6.72. The molecule has 2 fully saturated rings. The maximum Gasteiger partial charge on any atom is 0.320 e. The summed E-state index contributed by atoms with van der Waals surface area (Å²) < 4.78 is 5.30. The van der Waals surface area contributed by atoms with Gasteiger partial charge in [0.05, 0.1) is 19.8 Å². The predicted molar refractivity (Wildman–Crippen MR) is 87.7 cm³/mol. The summed E-state index contributed by atoms with van der Waals surface area (Å²) in [7, 11) is 0. The Hall–Kier alpha value is -1.74. The van der Waals surface area contributed by atoms with Gasteiger partial charge in [0.15, 0.2) is 0 Å². The molecule has 2 unspecified atom stereocenters. The van der Waals surface area contributed by atoms with Gasteiger partial charge in [-0.25, -0.2) is 4.79 Å². The van der Waals surface area contributed by atoms with Crippen LogP contribution in [0.25, 0.3) is 0 Å². The van der Waals surface area contributed by atoms with Crippen molar-refractivity contribution in [3.05, 3.63) is 0 Å². The van der Waals surface area contributed by atoms with Crippen molar-refractivity contribution in [2.45, 2.75) is 26.2 Å². The van der Waals surface area contributed by atoms with Gasteiger partial charge in [0.25, 0.3) is 0 Å². The zero-order chi connectivity index (χ0) is 16.7. The summed E-state index contributed by atoms with van der Waals surface area (Å²) in [5.41, 5.74) is 0. The number of hydrogen-bond acceptors (Lipinski definition) is 3. The maximum atomic E-state index is 12.6. The molecule has 2 atom stereocenters. The molecule has 2 aliphatic heterocycles. The molecule has 0 spiro atoms. The number of rotatable bonds is 4. The Morgan fingerprint density at radius 3 is 2.61 bits per heavy atom. The zero-order valence-electron chi connectivity index (χ0n) is 13.9. The first-order chi connectivity index (χ1) is 11.2. The first-order valence-electron chi connectivity index (χ1n) is 8.47. The van der Waals surface area contributed by atoms with Crippen LogP contribution in [0.1, 0.15) is 26.2 Å². The van der Waals surface area contributed by atoms with Gasteiger partial charge in [-0.1, -0.05) is 19.3 Å². The van der Waals surface area contributed by atoms with Gasteiger partial charge in [-0.05, 0) is 18.3 Å². The summed E-state index contributed by atoms with van der Waals surface area (Å²) in [5, 5.41) is 2.73. The van der Waals surface area contributed by atoms with Gasteiger partial charge in [0.1, 0.15) is 0 Å². The van der Waals surface area contributed by atoms with Crippen LogP contribution in [-0.4, -0.2) is 67.7 Å². The summed E-state index contributed by atoms with van der Waals surface area (Å²) in [6, 6.07) is 0.113. The van der Waals surface area contributed by atoms with Crippen molar-refractivity contribution < 1.29 is 14.3 Å². The maximum absolute atomic E-state index is 12.6. The number of piperidine rings is 1. The van der Waals surface area contributed by atoms with Crippen molar-refractivity contribution in [3.8, 4) is 12.3 Å². The average Bonchev–Trinajstić information content (AvgIpc) is 2.60. The predicted octanol–water partition coefficient (Wildman–Crippen LogP) is 0.926. The second kappa shape index (κ2) is 8.78. The van der Waals surface area contributed by atoms with Crippen LogP contribution in [0, 0.1) is 24.2 Å². The van der Waals surface area contributed by atoms with Crippen LogP contribution in [0.4, 0.5) is 4.79 Å². The van der Waals surface area contributed by atoms with Crippen LogP contribution in [0.5, 0.6) is 0 Å². The van der Waals surface area contributed by atoms with E-state index in [9.17, 15) is 9.59 Å². The smallest absolute Gasteiger partial charge is 0.320 e. The van der Waals surface area contributed by atoms with Crippen molar-refractivity contribution in [1.29, 1.82) is 0 Å². The SMILES string of the molecule is C#CCNC(=O)CC1CCN(C(=O)N2CCOCC2)CC1CC. The van der Waals surface area contributed by atoms with Gasteiger partial charge in [-0.3, -0.25) is 4.79 Å². The molecule has 6 heteroatoms. The quantitative estimate of drug-likeness (QED) is 0.784. The minimum atomic E-state index is 0.0133. The summed E-state index contributed by atoms with van der Waals surface area (Å²) in [6.07, 6.45) is 7.51. The third kappa shape index (κ3) is 4.87. The van der Waals surface area contributed by atoms with Crippen molar-refractivity contribution in [2.24, 2.45) is 11.8 Å². The Labute approximate surface area is 138 Å². The molecular formula is C17H27N3O3. The van der Waals surface area contributed by atoms with E-state index >= 15 is 0 Å². The third-order valence-corrected chi connectivity index (χ3v) is 4.80. The van der Waals surface area contributed by atoms with E-state index in [0.29, 0.717) is 44.6 Å². The molecule has 0 aromatic heterocycles. The first kappa shape index (κ1) is 17.6. The molecule has 23 heavy (non-hydrogen) atoms. The van der Waals surface area contributed by atoms with Crippen LogP contribution < -0.4 is 5.32 Å². The van der Waals surface area contributed by atoms with Gasteiger partial charge < -0.3 is 19.9 Å². The highest BCUT2D eigenvalue weighted by atomic mass is 16.5. The molecule has 2 rings (SSSR count). The Morgan fingerprint density at radius 2 is 1.96 bits per heavy atom. The number of nitrogens with one attached hydrogen (secondary N) is 1. The van der Waals surface area contributed by atoms with E-state index in [1.54, 1.807) is 0 Å². The fourth-order valence-corrected chi connectivity index (χ4v) is 3.40. The second-order valence-electron chi connectivity index (χ2n) is 6.23. The lowest BCUT2D eigenvalue weighted by Gasteiger charge is -2.41. The van der Waals surface area contributed by atoms with Gasteiger partial charge >= 0.3 is 6.03 Å². The highest BCUT2D eigenvalue weighted by Gasteiger charge is 2.33. The molecule has 2 aliphatic rings. The van der Waals surface area contributed by atoms with Crippen molar-refractivity contribution in [1.82, 2.24) is 15.1 Å². The average molecular weight is 321 g/mol. The lowest BCUT2D eigenvalue weighted by Crippen LogP contribution is -2.52. The Balaban J connectivity index is 1.86. The largest absolute Gasteiger partial charge is 0.378 e. The molecule has 0 aromatic carbocycles. The van der Waals surface area contributed by atoms with E-state index < -0.39 is 0 Å². The topological polar surface area (TPSA) is 61.9 Å². The van der Waals surface area contributed by atoms with Crippen LogP contribution in [0.2, 0.25) is 0 Å². The molecule has 0 saturated carbocycles. The molecule has 2 saturated heterocycles. The summed E-state index contributed by atoms with van der Waals surface area (Å²) in [5.74, 6) is 3.12. The normalized spacial score (nSPS) is 24.9. The monoisotopic (exact) mass is 321 g/mol. The standard InChI is InChI=1S/C17H27N3O3/c1-3-6-18-16(21)12-15-5-7-20(13-14(15)4-2)17(22)19-8-10-23-11-9-19/h1,14-15H,4-13H2,2H3,(H,18,21). The second-order valence-corrected chi connectivity index (χ2v) is 6.23. The number of carbonyl (C=O) groups excluding carboxylic acids is 2. The van der Waals surface area contributed by atoms with Crippen LogP contribution in [-0.2, 0) is 9.53 Å². The molecule has 0 aromatic rings. The van der Waals surface area contributed by atoms with Crippen molar-refractivity contribution in [2.75, 3.05) is 45.9 Å². The number of ether oxygens (including phenoxy) is 1. The van der Waals surface area contributed by atoms with E-state index in [-0.39, 0.29) is 18.5 Å². The number of hydrogen-bond donors (Lipinski definition) is 1. The van der Waals surface area contributed by atoms with Gasteiger partial charge in [-0.15, -0.1) is 6.42 Å². The molecule has 0 aliphatic carbocycles. The number of morpholine rings is 1. The zero-order valence-corrected chi connectivity index (χ0v) is 13.9. The summed E-state index contributed by atoms with van der Waals surface area (Å²) >= 11 is 0. The van der Waals surface area contributed by atoms with Gasteiger partial charge in [-0.2, -0.15) is 0 Å². The number of urea groups is 1. The number of likely N-dealkylation sites (tertiary alicyclic amines) is 1. The third-order valence-electron chi connectivity index (χ3n) is 4.80. The number of amides is 3. The van der Waals surface area contributed by atoms with E-state index in [4.69, 9.17) is 11.2 Å². The fourth-order valence-electron chi connectivity index (χ4n) is 3.40. The van der Waals surface area contributed by atoms with Gasteiger partial charge in [0.2, 0.25) is 5.91 Å². The van der Waals surface area contributed by atoms with E-state index in [1.807, 2.05) is 9.80 Å². The van der Waals surface area contributed by atoms with Crippen LogP contribution in [0.15, 0.2) is 0 Å². The highest BCUT2D eigenvalue weighted by molar-refractivity contribution is 5.77. The van der Waals surface area contributed by atoms with Crippen LogP contribution >= 0.6 is 0 Å². The number of carbonyl (C=O) groups is 2. The summed E-state index contributed by atoms with van der Waals surface area (Å²) in [4.78, 5) is 28.3. The molecule has 0 bridgehead atoms. The molecule has 6 nitrogen and oxygen atoms in total.